The van der Waals surface area contributed by atoms with Gasteiger partial charge in [-0.3, -0.25) is 0 Å². The number of aryl methyl sites for hydroxylation is 1. The van der Waals surface area contributed by atoms with E-state index in [0.29, 0.717) is 6.01 Å². The van der Waals surface area contributed by atoms with Crippen LogP contribution in [0.1, 0.15) is 24.7 Å². The lowest BCUT2D eigenvalue weighted by molar-refractivity contribution is 0.508. The van der Waals surface area contributed by atoms with Crippen molar-refractivity contribution in [2.24, 2.45) is 0 Å². The van der Waals surface area contributed by atoms with Gasteiger partial charge in [-0.05, 0) is 26.0 Å². The summed E-state index contributed by atoms with van der Waals surface area (Å²) in [7, 11) is 0. The Morgan fingerprint density at radius 1 is 1.50 bits per heavy atom. The summed E-state index contributed by atoms with van der Waals surface area (Å²) in [4.78, 5) is 4.34. The number of hydrogen-bond donors (Lipinski definition) is 1. The fourth-order valence-corrected chi connectivity index (χ4v) is 1.40. The van der Waals surface area contributed by atoms with Gasteiger partial charge in [-0.25, -0.2) is 0 Å². The van der Waals surface area contributed by atoms with E-state index in [4.69, 9.17) is 4.42 Å². The molecule has 1 N–H and O–H groups in total. The van der Waals surface area contributed by atoms with Crippen molar-refractivity contribution in [1.29, 1.82) is 0 Å². The number of hydrogen-bond acceptors (Lipinski definition) is 4. The zero-order valence-corrected chi connectivity index (χ0v) is 9.60. The Hall–Kier alpha value is -1.62. The lowest BCUT2D eigenvalue weighted by atomic mass is 10.4. The SMILES string of the molecule is CCCNCc1coc(-n2ccc(C)n2)n1. The predicted molar refractivity (Wildman–Crippen MR) is 60.4 cm³/mol. The Labute approximate surface area is 94.5 Å². The molecule has 0 saturated carbocycles. The fraction of sp³-hybridized carbons (Fsp3) is 0.455. The van der Waals surface area contributed by atoms with E-state index >= 15 is 0 Å². The second kappa shape index (κ2) is 4.94. The van der Waals surface area contributed by atoms with E-state index in [1.807, 2.05) is 19.2 Å². The zero-order chi connectivity index (χ0) is 11.4. The van der Waals surface area contributed by atoms with Gasteiger partial charge in [-0.1, -0.05) is 6.92 Å². The maximum absolute atomic E-state index is 5.34. The minimum Gasteiger partial charge on any atom is -0.430 e. The molecule has 2 aromatic heterocycles. The minimum absolute atomic E-state index is 0.515. The van der Waals surface area contributed by atoms with Crippen LogP contribution in [0.4, 0.5) is 0 Å². The van der Waals surface area contributed by atoms with Crippen LogP contribution in [0.5, 0.6) is 0 Å². The molecule has 2 aromatic rings. The first kappa shape index (κ1) is 10.9. The second-order valence-corrected chi connectivity index (χ2v) is 3.70. The number of oxazole rings is 1. The molecule has 16 heavy (non-hydrogen) atoms. The highest BCUT2D eigenvalue weighted by Gasteiger charge is 2.06. The van der Waals surface area contributed by atoms with Crippen molar-refractivity contribution in [2.45, 2.75) is 26.8 Å². The smallest absolute Gasteiger partial charge is 0.322 e. The average Bonchev–Trinajstić information content (AvgIpc) is 2.87. The summed E-state index contributed by atoms with van der Waals surface area (Å²) < 4.78 is 6.98. The predicted octanol–water partition coefficient (Wildman–Crippen LogP) is 1.67. The van der Waals surface area contributed by atoms with Crippen molar-refractivity contribution >= 4 is 0 Å². The van der Waals surface area contributed by atoms with Gasteiger partial charge in [0.25, 0.3) is 0 Å². The van der Waals surface area contributed by atoms with E-state index in [2.05, 4.69) is 22.3 Å². The van der Waals surface area contributed by atoms with Crippen LogP contribution in [0, 0.1) is 6.92 Å². The third-order valence-electron chi connectivity index (χ3n) is 2.19. The van der Waals surface area contributed by atoms with Gasteiger partial charge in [-0.2, -0.15) is 14.8 Å². The van der Waals surface area contributed by atoms with Crippen LogP contribution in [-0.2, 0) is 6.54 Å². The molecule has 0 spiro atoms. The van der Waals surface area contributed by atoms with Crippen molar-refractivity contribution in [3.8, 4) is 6.01 Å². The summed E-state index contributed by atoms with van der Waals surface area (Å²) in [5.41, 5.74) is 1.85. The molecule has 0 aliphatic rings. The molecule has 2 heterocycles. The lowest BCUT2D eigenvalue weighted by Gasteiger charge is -1.97. The fourth-order valence-electron chi connectivity index (χ4n) is 1.40. The Bertz CT molecular complexity index is 446. The van der Waals surface area contributed by atoms with E-state index < -0.39 is 0 Å². The zero-order valence-electron chi connectivity index (χ0n) is 9.60. The molecule has 0 amide bonds. The van der Waals surface area contributed by atoms with Gasteiger partial charge in [0.1, 0.15) is 6.26 Å². The Morgan fingerprint density at radius 2 is 2.38 bits per heavy atom. The van der Waals surface area contributed by atoms with E-state index in [0.717, 1.165) is 30.9 Å². The summed E-state index contributed by atoms with van der Waals surface area (Å²) in [6, 6.07) is 2.43. The molecule has 0 aliphatic heterocycles. The third kappa shape index (κ3) is 2.49. The van der Waals surface area contributed by atoms with Crippen LogP contribution < -0.4 is 5.32 Å². The minimum atomic E-state index is 0.515. The molecule has 2 rings (SSSR count). The quantitative estimate of drug-likeness (QED) is 0.779. The summed E-state index contributed by atoms with van der Waals surface area (Å²) in [5, 5.41) is 7.50. The maximum atomic E-state index is 5.34. The van der Waals surface area contributed by atoms with Crippen LogP contribution in [0.25, 0.3) is 6.01 Å². The van der Waals surface area contributed by atoms with Crippen LogP contribution in [0.3, 0.4) is 0 Å². The monoisotopic (exact) mass is 220 g/mol. The van der Waals surface area contributed by atoms with Crippen LogP contribution in [0.2, 0.25) is 0 Å². The van der Waals surface area contributed by atoms with Crippen molar-refractivity contribution in [3.05, 3.63) is 29.9 Å². The Morgan fingerprint density at radius 3 is 3.06 bits per heavy atom. The summed E-state index contributed by atoms with van der Waals surface area (Å²) in [5.74, 6) is 0. The first-order valence-corrected chi connectivity index (χ1v) is 5.47. The van der Waals surface area contributed by atoms with Gasteiger partial charge in [0.2, 0.25) is 0 Å². The third-order valence-corrected chi connectivity index (χ3v) is 2.19. The van der Waals surface area contributed by atoms with Crippen molar-refractivity contribution < 1.29 is 4.42 Å². The molecule has 0 radical (unpaired) electrons. The normalized spacial score (nSPS) is 10.9. The molecule has 0 aliphatic carbocycles. The average molecular weight is 220 g/mol. The highest BCUT2D eigenvalue weighted by Crippen LogP contribution is 2.07. The first-order valence-electron chi connectivity index (χ1n) is 5.47. The largest absolute Gasteiger partial charge is 0.430 e. The molecule has 0 fully saturated rings. The second-order valence-electron chi connectivity index (χ2n) is 3.70. The lowest BCUT2D eigenvalue weighted by Crippen LogP contribution is -2.14. The number of aromatic nitrogens is 3. The molecular formula is C11H16N4O. The number of nitrogens with one attached hydrogen (secondary N) is 1. The van der Waals surface area contributed by atoms with Crippen molar-refractivity contribution in [1.82, 2.24) is 20.1 Å². The van der Waals surface area contributed by atoms with Gasteiger partial charge >= 0.3 is 6.01 Å². The summed E-state index contributed by atoms with van der Waals surface area (Å²) in [6.45, 7) is 5.79. The van der Waals surface area contributed by atoms with E-state index in [1.54, 1.807) is 10.9 Å². The molecule has 0 aromatic carbocycles. The maximum Gasteiger partial charge on any atom is 0.322 e. The van der Waals surface area contributed by atoms with Crippen molar-refractivity contribution in [3.63, 3.8) is 0 Å². The molecule has 5 heteroatoms. The topological polar surface area (TPSA) is 55.9 Å². The molecule has 86 valence electrons. The van der Waals surface area contributed by atoms with E-state index in [9.17, 15) is 0 Å². The molecule has 0 unspecified atom stereocenters. The highest BCUT2D eigenvalue weighted by molar-refractivity contribution is 5.11. The first-order chi connectivity index (χ1) is 7.79. The van der Waals surface area contributed by atoms with Gasteiger partial charge < -0.3 is 9.73 Å². The van der Waals surface area contributed by atoms with Crippen LogP contribution >= 0.6 is 0 Å². The van der Waals surface area contributed by atoms with Gasteiger partial charge in [0, 0.05) is 12.7 Å². The Kier molecular flexibility index (Phi) is 3.36. The molecule has 0 atom stereocenters. The van der Waals surface area contributed by atoms with E-state index in [-0.39, 0.29) is 0 Å². The van der Waals surface area contributed by atoms with Gasteiger partial charge in [0.05, 0.1) is 11.4 Å². The standard InChI is InChI=1S/C11H16N4O/c1-3-5-12-7-10-8-16-11(13-10)15-6-4-9(2)14-15/h4,6,8,12H,3,5,7H2,1-2H3. The molecule has 0 bridgehead atoms. The Balaban J connectivity index is 2.02. The van der Waals surface area contributed by atoms with Crippen LogP contribution in [-0.4, -0.2) is 21.3 Å². The number of nitrogens with zero attached hydrogens (tertiary/aromatic N) is 3. The van der Waals surface area contributed by atoms with Crippen molar-refractivity contribution in [2.75, 3.05) is 6.54 Å². The van der Waals surface area contributed by atoms with Gasteiger partial charge in [-0.15, -0.1) is 0 Å². The van der Waals surface area contributed by atoms with Crippen LogP contribution in [0.15, 0.2) is 22.9 Å². The molecular weight excluding hydrogens is 204 g/mol. The number of rotatable bonds is 5. The molecule has 5 nitrogen and oxygen atoms in total. The highest BCUT2D eigenvalue weighted by atomic mass is 16.4. The molecule has 0 saturated heterocycles. The summed E-state index contributed by atoms with van der Waals surface area (Å²) >= 11 is 0. The van der Waals surface area contributed by atoms with Gasteiger partial charge in [0.15, 0.2) is 0 Å². The van der Waals surface area contributed by atoms with E-state index in [1.165, 1.54) is 0 Å². The summed E-state index contributed by atoms with van der Waals surface area (Å²) in [6.07, 6.45) is 4.61.